The number of amides is 1. The van der Waals surface area contributed by atoms with Gasteiger partial charge in [0.1, 0.15) is 0 Å². The molecule has 1 aliphatic heterocycles. The predicted molar refractivity (Wildman–Crippen MR) is 76.9 cm³/mol. The van der Waals surface area contributed by atoms with Gasteiger partial charge in [-0.25, -0.2) is 0 Å². The molecule has 0 bridgehead atoms. The molecule has 0 saturated carbocycles. The van der Waals surface area contributed by atoms with Crippen LogP contribution in [0.3, 0.4) is 0 Å². The summed E-state index contributed by atoms with van der Waals surface area (Å²) >= 11 is 3.42. The largest absolute Gasteiger partial charge is 0.340 e. The molecule has 1 heterocycles. The lowest BCUT2D eigenvalue weighted by molar-refractivity contribution is 0.0783. The molecule has 0 aromatic heterocycles. The van der Waals surface area contributed by atoms with Gasteiger partial charge in [-0.05, 0) is 44.0 Å². The van der Waals surface area contributed by atoms with Crippen molar-refractivity contribution < 1.29 is 4.79 Å². The van der Waals surface area contributed by atoms with Crippen LogP contribution >= 0.6 is 15.9 Å². The molecule has 98 valence electrons. The fraction of sp³-hybridized carbons (Fsp3) is 0.500. The van der Waals surface area contributed by atoms with Crippen molar-refractivity contribution in [1.29, 1.82) is 0 Å². The number of likely N-dealkylation sites (N-methyl/N-ethyl adjacent to an activating group) is 1. The third-order valence-corrected chi connectivity index (χ3v) is 3.93. The maximum atomic E-state index is 12.4. The van der Waals surface area contributed by atoms with Crippen molar-refractivity contribution in [3.63, 3.8) is 0 Å². The molecule has 1 aromatic rings. The highest BCUT2D eigenvalue weighted by atomic mass is 79.9. The smallest absolute Gasteiger partial charge is 0.253 e. The number of rotatable bonds is 3. The number of halogens is 1. The van der Waals surface area contributed by atoms with Crippen LogP contribution in [0.1, 0.15) is 28.8 Å². The second-order valence-electron chi connectivity index (χ2n) is 4.94. The summed E-state index contributed by atoms with van der Waals surface area (Å²) in [7, 11) is 1.88. The standard InChI is InChI=1S/C14H19BrN2O/c1-10-5-6-11(15)8-13(10)14(18)17(2)9-12-4-3-7-16-12/h5-6,8,12,16H,3-4,7,9H2,1-2H3. The van der Waals surface area contributed by atoms with E-state index in [1.807, 2.05) is 37.1 Å². The molecule has 0 aliphatic carbocycles. The average Bonchev–Trinajstić information content (AvgIpc) is 2.84. The molecule has 1 saturated heterocycles. The second-order valence-corrected chi connectivity index (χ2v) is 5.85. The van der Waals surface area contributed by atoms with Gasteiger partial charge in [0, 0.05) is 29.7 Å². The fourth-order valence-corrected chi connectivity index (χ4v) is 2.72. The number of nitrogens with zero attached hydrogens (tertiary/aromatic N) is 1. The van der Waals surface area contributed by atoms with E-state index in [2.05, 4.69) is 21.2 Å². The first-order valence-electron chi connectivity index (χ1n) is 6.33. The number of carbonyl (C=O) groups is 1. The summed E-state index contributed by atoms with van der Waals surface area (Å²) in [6, 6.07) is 6.28. The number of hydrogen-bond donors (Lipinski definition) is 1. The zero-order chi connectivity index (χ0) is 13.1. The third kappa shape index (κ3) is 3.12. The van der Waals surface area contributed by atoms with Crippen molar-refractivity contribution in [3.8, 4) is 0 Å². The molecular weight excluding hydrogens is 292 g/mol. The van der Waals surface area contributed by atoms with Crippen LogP contribution < -0.4 is 5.32 Å². The maximum absolute atomic E-state index is 12.4. The Morgan fingerprint density at radius 3 is 3.00 bits per heavy atom. The molecule has 1 unspecified atom stereocenters. The van der Waals surface area contributed by atoms with Gasteiger partial charge in [0.15, 0.2) is 0 Å². The predicted octanol–water partition coefficient (Wildman–Crippen LogP) is 2.58. The average molecular weight is 311 g/mol. The number of aryl methyl sites for hydroxylation is 1. The van der Waals surface area contributed by atoms with Gasteiger partial charge in [-0.3, -0.25) is 4.79 Å². The van der Waals surface area contributed by atoms with Gasteiger partial charge in [0.05, 0.1) is 0 Å². The van der Waals surface area contributed by atoms with E-state index in [1.54, 1.807) is 0 Å². The van der Waals surface area contributed by atoms with Gasteiger partial charge in [0.2, 0.25) is 0 Å². The van der Waals surface area contributed by atoms with Gasteiger partial charge in [0.25, 0.3) is 5.91 Å². The molecule has 18 heavy (non-hydrogen) atoms. The summed E-state index contributed by atoms with van der Waals surface area (Å²) < 4.78 is 0.948. The highest BCUT2D eigenvalue weighted by Crippen LogP contribution is 2.18. The monoisotopic (exact) mass is 310 g/mol. The Bertz CT molecular complexity index is 441. The first kappa shape index (κ1) is 13.6. The molecule has 1 amide bonds. The molecule has 2 rings (SSSR count). The highest BCUT2D eigenvalue weighted by molar-refractivity contribution is 9.10. The fourth-order valence-electron chi connectivity index (χ4n) is 2.36. The SMILES string of the molecule is Cc1ccc(Br)cc1C(=O)N(C)CC1CCCN1. The maximum Gasteiger partial charge on any atom is 0.253 e. The van der Waals surface area contributed by atoms with Gasteiger partial charge in [-0.1, -0.05) is 22.0 Å². The zero-order valence-electron chi connectivity index (χ0n) is 10.9. The van der Waals surface area contributed by atoms with Crippen LogP contribution in [0.5, 0.6) is 0 Å². The Morgan fingerprint density at radius 1 is 1.56 bits per heavy atom. The minimum Gasteiger partial charge on any atom is -0.340 e. The minimum atomic E-state index is 0.0995. The molecule has 1 N–H and O–H groups in total. The lowest BCUT2D eigenvalue weighted by atomic mass is 10.1. The van der Waals surface area contributed by atoms with Gasteiger partial charge < -0.3 is 10.2 Å². The Morgan fingerprint density at radius 2 is 2.33 bits per heavy atom. The van der Waals surface area contributed by atoms with E-state index >= 15 is 0 Å². The van der Waals surface area contributed by atoms with E-state index in [0.29, 0.717) is 6.04 Å². The summed E-state index contributed by atoms with van der Waals surface area (Å²) in [5.74, 6) is 0.0995. The molecule has 1 atom stereocenters. The van der Waals surface area contributed by atoms with Crippen LogP contribution in [0.2, 0.25) is 0 Å². The highest BCUT2D eigenvalue weighted by Gasteiger charge is 2.20. The van der Waals surface area contributed by atoms with Crippen molar-refractivity contribution in [2.75, 3.05) is 20.1 Å². The van der Waals surface area contributed by atoms with Crippen molar-refractivity contribution in [2.24, 2.45) is 0 Å². The van der Waals surface area contributed by atoms with Crippen molar-refractivity contribution in [3.05, 3.63) is 33.8 Å². The van der Waals surface area contributed by atoms with E-state index < -0.39 is 0 Å². The van der Waals surface area contributed by atoms with Gasteiger partial charge >= 0.3 is 0 Å². The zero-order valence-corrected chi connectivity index (χ0v) is 12.5. The molecule has 1 aliphatic rings. The molecular formula is C14H19BrN2O. The normalized spacial score (nSPS) is 18.9. The molecule has 1 fully saturated rings. The van der Waals surface area contributed by atoms with E-state index in [4.69, 9.17) is 0 Å². The van der Waals surface area contributed by atoms with E-state index in [9.17, 15) is 4.79 Å². The van der Waals surface area contributed by atoms with Gasteiger partial charge in [-0.2, -0.15) is 0 Å². The van der Waals surface area contributed by atoms with Crippen molar-refractivity contribution in [1.82, 2.24) is 10.2 Å². The Kier molecular flexibility index (Phi) is 4.40. The number of benzene rings is 1. The Hall–Kier alpha value is -0.870. The van der Waals surface area contributed by atoms with Crippen LogP contribution in [0.4, 0.5) is 0 Å². The van der Waals surface area contributed by atoms with Crippen LogP contribution in [0, 0.1) is 6.92 Å². The second kappa shape index (κ2) is 5.85. The number of nitrogens with one attached hydrogen (secondary N) is 1. The van der Waals surface area contributed by atoms with Crippen LogP contribution in [0.25, 0.3) is 0 Å². The Balaban J connectivity index is 2.07. The summed E-state index contributed by atoms with van der Waals surface area (Å²) in [5.41, 5.74) is 1.80. The van der Waals surface area contributed by atoms with Crippen LogP contribution in [-0.4, -0.2) is 37.0 Å². The molecule has 0 spiro atoms. The minimum absolute atomic E-state index is 0.0995. The lowest BCUT2D eigenvalue weighted by Crippen LogP contribution is -2.38. The number of hydrogen-bond acceptors (Lipinski definition) is 2. The van der Waals surface area contributed by atoms with E-state index in [0.717, 1.165) is 35.1 Å². The molecule has 4 heteroatoms. The quantitative estimate of drug-likeness (QED) is 0.930. The molecule has 1 aromatic carbocycles. The number of carbonyl (C=O) groups excluding carboxylic acids is 1. The summed E-state index contributed by atoms with van der Waals surface area (Å²) in [6.45, 7) is 3.83. The van der Waals surface area contributed by atoms with Gasteiger partial charge in [-0.15, -0.1) is 0 Å². The first-order valence-corrected chi connectivity index (χ1v) is 7.12. The van der Waals surface area contributed by atoms with E-state index in [-0.39, 0.29) is 5.91 Å². The lowest BCUT2D eigenvalue weighted by Gasteiger charge is -2.22. The van der Waals surface area contributed by atoms with Crippen molar-refractivity contribution >= 4 is 21.8 Å². The van der Waals surface area contributed by atoms with E-state index in [1.165, 1.54) is 6.42 Å². The van der Waals surface area contributed by atoms with Crippen LogP contribution in [-0.2, 0) is 0 Å². The summed E-state index contributed by atoms with van der Waals surface area (Å²) in [5, 5.41) is 3.42. The Labute approximate surface area is 117 Å². The summed E-state index contributed by atoms with van der Waals surface area (Å²) in [4.78, 5) is 14.2. The third-order valence-electron chi connectivity index (χ3n) is 3.43. The first-order chi connectivity index (χ1) is 8.58. The molecule has 0 radical (unpaired) electrons. The van der Waals surface area contributed by atoms with Crippen molar-refractivity contribution in [2.45, 2.75) is 25.8 Å². The topological polar surface area (TPSA) is 32.3 Å². The summed E-state index contributed by atoms with van der Waals surface area (Å²) in [6.07, 6.45) is 2.37. The molecule has 3 nitrogen and oxygen atoms in total. The van der Waals surface area contributed by atoms with Crippen LogP contribution in [0.15, 0.2) is 22.7 Å².